The van der Waals surface area contributed by atoms with Crippen LogP contribution in [0.4, 0.5) is 0 Å². The smallest absolute Gasteiger partial charge is 0.249 e. The standard InChI is InChI=1S/C14H20N2O2/c15-14(17)13-4-2-1-3-12(13)10-18-9-11-5-7-16-8-6-11/h1-4,11,16H,5-10H2,(H2,15,17). The average molecular weight is 248 g/mol. The van der Waals surface area contributed by atoms with E-state index < -0.39 is 5.91 Å². The van der Waals surface area contributed by atoms with Gasteiger partial charge in [0.25, 0.3) is 0 Å². The molecule has 0 saturated carbocycles. The van der Waals surface area contributed by atoms with Crippen molar-refractivity contribution in [1.29, 1.82) is 0 Å². The fourth-order valence-corrected chi connectivity index (χ4v) is 2.27. The lowest BCUT2D eigenvalue weighted by Crippen LogP contribution is -2.30. The van der Waals surface area contributed by atoms with Gasteiger partial charge in [0.2, 0.25) is 5.91 Å². The van der Waals surface area contributed by atoms with Gasteiger partial charge in [-0.25, -0.2) is 0 Å². The molecule has 3 N–H and O–H groups in total. The van der Waals surface area contributed by atoms with E-state index in [4.69, 9.17) is 10.5 Å². The zero-order valence-corrected chi connectivity index (χ0v) is 10.5. The van der Waals surface area contributed by atoms with Crippen LogP contribution in [-0.4, -0.2) is 25.6 Å². The largest absolute Gasteiger partial charge is 0.376 e. The van der Waals surface area contributed by atoms with Crippen molar-refractivity contribution in [2.24, 2.45) is 11.7 Å². The fourth-order valence-electron chi connectivity index (χ4n) is 2.27. The van der Waals surface area contributed by atoms with Crippen molar-refractivity contribution in [1.82, 2.24) is 5.32 Å². The number of carbonyl (C=O) groups is 1. The van der Waals surface area contributed by atoms with Gasteiger partial charge in [0.15, 0.2) is 0 Å². The first-order valence-corrected chi connectivity index (χ1v) is 6.43. The van der Waals surface area contributed by atoms with Crippen LogP contribution in [0.15, 0.2) is 24.3 Å². The van der Waals surface area contributed by atoms with Gasteiger partial charge in [0.1, 0.15) is 0 Å². The Hall–Kier alpha value is -1.39. The molecular formula is C14H20N2O2. The van der Waals surface area contributed by atoms with E-state index in [0.717, 1.165) is 38.1 Å². The van der Waals surface area contributed by atoms with E-state index in [1.807, 2.05) is 18.2 Å². The van der Waals surface area contributed by atoms with Crippen LogP contribution in [0.1, 0.15) is 28.8 Å². The zero-order chi connectivity index (χ0) is 12.8. The van der Waals surface area contributed by atoms with Crippen molar-refractivity contribution in [3.05, 3.63) is 35.4 Å². The summed E-state index contributed by atoms with van der Waals surface area (Å²) >= 11 is 0. The third-order valence-electron chi connectivity index (χ3n) is 3.35. The summed E-state index contributed by atoms with van der Waals surface area (Å²) in [6.45, 7) is 3.37. The quantitative estimate of drug-likeness (QED) is 0.825. The van der Waals surface area contributed by atoms with Gasteiger partial charge in [-0.05, 0) is 43.5 Å². The Bertz CT molecular complexity index is 401. The average Bonchev–Trinajstić information content (AvgIpc) is 2.40. The molecule has 98 valence electrons. The van der Waals surface area contributed by atoms with E-state index in [0.29, 0.717) is 18.1 Å². The second-order valence-electron chi connectivity index (χ2n) is 4.73. The van der Waals surface area contributed by atoms with Gasteiger partial charge in [0, 0.05) is 12.2 Å². The maximum atomic E-state index is 11.2. The highest BCUT2D eigenvalue weighted by atomic mass is 16.5. The first-order valence-electron chi connectivity index (χ1n) is 6.43. The highest BCUT2D eigenvalue weighted by Gasteiger charge is 2.13. The van der Waals surface area contributed by atoms with Crippen LogP contribution in [0.25, 0.3) is 0 Å². The monoisotopic (exact) mass is 248 g/mol. The third-order valence-corrected chi connectivity index (χ3v) is 3.35. The summed E-state index contributed by atoms with van der Waals surface area (Å²) < 4.78 is 5.71. The topological polar surface area (TPSA) is 64.4 Å². The van der Waals surface area contributed by atoms with Gasteiger partial charge in [-0.3, -0.25) is 4.79 Å². The molecule has 1 fully saturated rings. The SMILES string of the molecule is NC(=O)c1ccccc1COCC1CCNCC1. The molecule has 1 aliphatic heterocycles. The normalized spacial score (nSPS) is 16.7. The van der Waals surface area contributed by atoms with Crippen LogP contribution in [0, 0.1) is 5.92 Å². The van der Waals surface area contributed by atoms with Crippen molar-refractivity contribution in [3.8, 4) is 0 Å². The molecule has 1 amide bonds. The Morgan fingerprint density at radius 1 is 1.33 bits per heavy atom. The number of ether oxygens (including phenoxy) is 1. The molecule has 0 aliphatic carbocycles. The number of nitrogens with one attached hydrogen (secondary N) is 1. The molecule has 0 atom stereocenters. The van der Waals surface area contributed by atoms with Gasteiger partial charge in [-0.1, -0.05) is 18.2 Å². The molecule has 1 saturated heterocycles. The lowest BCUT2D eigenvalue weighted by Gasteiger charge is -2.22. The number of amides is 1. The molecule has 2 rings (SSSR count). The first kappa shape index (κ1) is 13.1. The van der Waals surface area contributed by atoms with Crippen molar-refractivity contribution < 1.29 is 9.53 Å². The summed E-state index contributed by atoms with van der Waals surface area (Å²) in [4.78, 5) is 11.2. The molecule has 1 aromatic rings. The molecule has 18 heavy (non-hydrogen) atoms. The van der Waals surface area contributed by atoms with Crippen LogP contribution >= 0.6 is 0 Å². The maximum Gasteiger partial charge on any atom is 0.249 e. The lowest BCUT2D eigenvalue weighted by molar-refractivity contribution is 0.0752. The number of hydrogen-bond donors (Lipinski definition) is 2. The molecule has 0 spiro atoms. The molecule has 0 aromatic heterocycles. The second kappa shape index (κ2) is 6.52. The number of primary amides is 1. The number of rotatable bonds is 5. The number of nitrogens with two attached hydrogens (primary N) is 1. The summed E-state index contributed by atoms with van der Waals surface area (Å²) in [5.41, 5.74) is 6.76. The molecule has 4 nitrogen and oxygen atoms in total. The van der Waals surface area contributed by atoms with E-state index in [-0.39, 0.29) is 0 Å². The molecule has 4 heteroatoms. The van der Waals surface area contributed by atoms with E-state index in [1.54, 1.807) is 6.07 Å². The summed E-state index contributed by atoms with van der Waals surface area (Å²) in [6.07, 6.45) is 2.33. The molecule has 1 heterocycles. The van der Waals surface area contributed by atoms with Crippen molar-refractivity contribution >= 4 is 5.91 Å². The van der Waals surface area contributed by atoms with Gasteiger partial charge < -0.3 is 15.8 Å². The van der Waals surface area contributed by atoms with Gasteiger partial charge in [0.05, 0.1) is 6.61 Å². The summed E-state index contributed by atoms with van der Waals surface area (Å²) in [5, 5.41) is 3.33. The van der Waals surface area contributed by atoms with Crippen molar-refractivity contribution in [2.75, 3.05) is 19.7 Å². The fraction of sp³-hybridized carbons (Fsp3) is 0.500. The van der Waals surface area contributed by atoms with E-state index in [9.17, 15) is 4.79 Å². The van der Waals surface area contributed by atoms with Crippen LogP contribution in [0.5, 0.6) is 0 Å². The number of carbonyl (C=O) groups excluding carboxylic acids is 1. The molecule has 0 bridgehead atoms. The van der Waals surface area contributed by atoms with E-state index in [2.05, 4.69) is 5.32 Å². The molecular weight excluding hydrogens is 228 g/mol. The Labute approximate surface area is 108 Å². The minimum Gasteiger partial charge on any atom is -0.376 e. The lowest BCUT2D eigenvalue weighted by atomic mass is 9.99. The predicted molar refractivity (Wildman–Crippen MR) is 70.2 cm³/mol. The van der Waals surface area contributed by atoms with Gasteiger partial charge in [-0.15, -0.1) is 0 Å². The summed E-state index contributed by atoms with van der Waals surface area (Å²) in [7, 11) is 0. The Morgan fingerprint density at radius 3 is 2.78 bits per heavy atom. The Kier molecular flexibility index (Phi) is 4.73. The van der Waals surface area contributed by atoms with Gasteiger partial charge in [-0.2, -0.15) is 0 Å². The van der Waals surface area contributed by atoms with E-state index >= 15 is 0 Å². The Balaban J connectivity index is 1.84. The number of benzene rings is 1. The van der Waals surface area contributed by atoms with Crippen LogP contribution in [0.3, 0.4) is 0 Å². The Morgan fingerprint density at radius 2 is 2.06 bits per heavy atom. The number of hydrogen-bond acceptors (Lipinski definition) is 3. The summed E-state index contributed by atoms with van der Waals surface area (Å²) in [5.74, 6) is 0.239. The molecule has 0 unspecified atom stereocenters. The molecule has 1 aromatic carbocycles. The maximum absolute atomic E-state index is 11.2. The van der Waals surface area contributed by atoms with Crippen molar-refractivity contribution in [2.45, 2.75) is 19.4 Å². The molecule has 1 aliphatic rings. The van der Waals surface area contributed by atoms with Crippen LogP contribution in [-0.2, 0) is 11.3 Å². The summed E-state index contributed by atoms with van der Waals surface area (Å²) in [6, 6.07) is 7.35. The highest BCUT2D eigenvalue weighted by Crippen LogP contribution is 2.14. The van der Waals surface area contributed by atoms with Gasteiger partial charge >= 0.3 is 0 Å². The minimum atomic E-state index is -0.393. The zero-order valence-electron chi connectivity index (χ0n) is 10.5. The number of piperidine rings is 1. The first-order chi connectivity index (χ1) is 8.77. The molecule has 0 radical (unpaired) electrons. The highest BCUT2D eigenvalue weighted by molar-refractivity contribution is 5.94. The van der Waals surface area contributed by atoms with E-state index in [1.165, 1.54) is 0 Å². The van der Waals surface area contributed by atoms with Crippen LogP contribution in [0.2, 0.25) is 0 Å². The van der Waals surface area contributed by atoms with Crippen LogP contribution < -0.4 is 11.1 Å². The predicted octanol–water partition coefficient (Wildman–Crippen LogP) is 1.30. The third kappa shape index (κ3) is 3.55. The second-order valence-corrected chi connectivity index (χ2v) is 4.73. The minimum absolute atomic E-state index is 0.393. The van der Waals surface area contributed by atoms with Crippen molar-refractivity contribution in [3.63, 3.8) is 0 Å².